The van der Waals surface area contributed by atoms with Crippen molar-refractivity contribution in [3.8, 4) is 0 Å². The van der Waals surface area contributed by atoms with Crippen LogP contribution in [0, 0.1) is 0 Å². The molecule has 0 aromatic heterocycles. The van der Waals surface area contributed by atoms with Gasteiger partial charge in [-0.2, -0.15) is 0 Å². The molecule has 0 spiro atoms. The van der Waals surface area contributed by atoms with Crippen LogP contribution in [0.3, 0.4) is 0 Å². The van der Waals surface area contributed by atoms with Crippen molar-refractivity contribution in [2.75, 3.05) is 25.1 Å². The lowest BCUT2D eigenvalue weighted by atomic mass is 10.3. The van der Waals surface area contributed by atoms with Crippen LogP contribution in [-0.4, -0.2) is 31.6 Å². The van der Waals surface area contributed by atoms with E-state index in [9.17, 15) is 9.59 Å². The zero-order valence-corrected chi connectivity index (χ0v) is 10.0. The van der Waals surface area contributed by atoms with Crippen LogP contribution < -0.4 is 10.6 Å². The highest BCUT2D eigenvalue weighted by atomic mass is 16.5. The SMILES string of the molecule is C=CCNC(=O)COCC(=O)Nc1ccccc1. The fraction of sp³-hybridized carbons (Fsp3) is 0.231. The molecular formula is C13H16N2O3. The Bertz CT molecular complexity index is 404. The summed E-state index contributed by atoms with van der Waals surface area (Å²) in [6, 6.07) is 9.04. The van der Waals surface area contributed by atoms with E-state index >= 15 is 0 Å². The van der Waals surface area contributed by atoms with Crippen molar-refractivity contribution in [2.24, 2.45) is 0 Å². The molecule has 0 fully saturated rings. The van der Waals surface area contributed by atoms with Crippen LogP contribution in [0.2, 0.25) is 0 Å². The molecule has 0 bridgehead atoms. The summed E-state index contributed by atoms with van der Waals surface area (Å²) in [6.45, 7) is 3.56. The topological polar surface area (TPSA) is 67.4 Å². The highest BCUT2D eigenvalue weighted by molar-refractivity contribution is 5.91. The van der Waals surface area contributed by atoms with E-state index in [0.717, 1.165) is 0 Å². The van der Waals surface area contributed by atoms with Gasteiger partial charge in [-0.05, 0) is 12.1 Å². The molecule has 0 radical (unpaired) electrons. The summed E-state index contributed by atoms with van der Waals surface area (Å²) in [5.74, 6) is -0.569. The van der Waals surface area contributed by atoms with E-state index in [4.69, 9.17) is 4.74 Å². The Morgan fingerprint density at radius 1 is 1.17 bits per heavy atom. The third-order valence-electron chi connectivity index (χ3n) is 1.97. The number of para-hydroxylation sites is 1. The molecule has 0 atom stereocenters. The number of carbonyl (C=O) groups excluding carboxylic acids is 2. The Morgan fingerprint density at radius 2 is 1.83 bits per heavy atom. The summed E-state index contributed by atoms with van der Waals surface area (Å²) < 4.78 is 4.97. The molecule has 5 nitrogen and oxygen atoms in total. The molecule has 0 aliphatic carbocycles. The molecule has 96 valence electrons. The second-order valence-electron chi connectivity index (χ2n) is 3.50. The van der Waals surface area contributed by atoms with Gasteiger partial charge >= 0.3 is 0 Å². The standard InChI is InChI=1S/C13H16N2O3/c1-2-8-14-12(16)9-18-10-13(17)15-11-6-4-3-5-7-11/h2-7H,1,8-10H2,(H,14,16)(H,15,17). The molecule has 1 aromatic carbocycles. The van der Waals surface area contributed by atoms with Gasteiger partial charge in [0.25, 0.3) is 0 Å². The lowest BCUT2D eigenvalue weighted by Gasteiger charge is -2.06. The van der Waals surface area contributed by atoms with Gasteiger partial charge in [0.05, 0.1) is 0 Å². The minimum absolute atomic E-state index is 0.143. The molecule has 0 saturated carbocycles. The summed E-state index contributed by atoms with van der Waals surface area (Å²) in [5.41, 5.74) is 0.696. The van der Waals surface area contributed by atoms with Crippen molar-refractivity contribution >= 4 is 17.5 Å². The second kappa shape index (κ2) is 8.03. The molecule has 0 saturated heterocycles. The predicted octanol–water partition coefficient (Wildman–Crippen LogP) is 0.944. The Balaban J connectivity index is 2.18. The second-order valence-corrected chi connectivity index (χ2v) is 3.50. The molecule has 5 heteroatoms. The first-order valence-corrected chi connectivity index (χ1v) is 5.52. The Kier molecular flexibility index (Phi) is 6.21. The molecular weight excluding hydrogens is 232 g/mol. The number of ether oxygens (including phenoxy) is 1. The minimum atomic E-state index is -0.294. The van der Waals surface area contributed by atoms with Crippen LogP contribution >= 0.6 is 0 Å². The van der Waals surface area contributed by atoms with E-state index in [2.05, 4.69) is 17.2 Å². The lowest BCUT2D eigenvalue weighted by Crippen LogP contribution is -2.29. The largest absolute Gasteiger partial charge is 0.362 e. The molecule has 0 aliphatic heterocycles. The van der Waals surface area contributed by atoms with Gasteiger partial charge in [-0.15, -0.1) is 6.58 Å². The molecule has 18 heavy (non-hydrogen) atoms. The van der Waals surface area contributed by atoms with Crippen molar-refractivity contribution in [3.05, 3.63) is 43.0 Å². The summed E-state index contributed by atoms with van der Waals surface area (Å²) in [4.78, 5) is 22.6. The summed E-state index contributed by atoms with van der Waals surface area (Å²) in [7, 11) is 0. The summed E-state index contributed by atoms with van der Waals surface area (Å²) in [6.07, 6.45) is 1.57. The third-order valence-corrected chi connectivity index (χ3v) is 1.97. The van der Waals surface area contributed by atoms with Gasteiger partial charge in [-0.3, -0.25) is 9.59 Å². The Hall–Kier alpha value is -2.14. The lowest BCUT2D eigenvalue weighted by molar-refractivity contribution is -0.128. The van der Waals surface area contributed by atoms with E-state index in [1.54, 1.807) is 18.2 Å². The molecule has 0 unspecified atom stereocenters. The zero-order valence-electron chi connectivity index (χ0n) is 10.0. The minimum Gasteiger partial charge on any atom is -0.362 e. The first-order chi connectivity index (χ1) is 8.72. The van der Waals surface area contributed by atoms with E-state index < -0.39 is 0 Å². The number of nitrogens with one attached hydrogen (secondary N) is 2. The molecule has 0 heterocycles. The van der Waals surface area contributed by atoms with E-state index in [0.29, 0.717) is 12.2 Å². The monoisotopic (exact) mass is 248 g/mol. The van der Waals surface area contributed by atoms with E-state index in [-0.39, 0.29) is 25.0 Å². The normalized spacial score (nSPS) is 9.56. The molecule has 0 aliphatic rings. The number of hydrogen-bond acceptors (Lipinski definition) is 3. The zero-order chi connectivity index (χ0) is 13.2. The van der Waals surface area contributed by atoms with Crippen molar-refractivity contribution in [2.45, 2.75) is 0 Å². The van der Waals surface area contributed by atoms with E-state index in [1.807, 2.05) is 18.2 Å². The number of hydrogen-bond donors (Lipinski definition) is 2. The maximum atomic E-state index is 11.4. The van der Waals surface area contributed by atoms with Crippen LogP contribution in [-0.2, 0) is 14.3 Å². The van der Waals surface area contributed by atoms with Crippen molar-refractivity contribution in [1.29, 1.82) is 0 Å². The Morgan fingerprint density at radius 3 is 2.50 bits per heavy atom. The van der Waals surface area contributed by atoms with Crippen molar-refractivity contribution in [3.63, 3.8) is 0 Å². The van der Waals surface area contributed by atoms with Gasteiger partial charge in [0.1, 0.15) is 13.2 Å². The van der Waals surface area contributed by atoms with Gasteiger partial charge in [-0.1, -0.05) is 24.3 Å². The highest BCUT2D eigenvalue weighted by Crippen LogP contribution is 2.04. The molecule has 1 rings (SSSR count). The summed E-state index contributed by atoms with van der Waals surface area (Å²) in [5, 5.41) is 5.19. The Labute approximate surface area is 106 Å². The number of rotatable bonds is 7. The van der Waals surface area contributed by atoms with Gasteiger partial charge in [0.15, 0.2) is 0 Å². The third kappa shape index (κ3) is 5.81. The fourth-order valence-electron chi connectivity index (χ4n) is 1.19. The van der Waals surface area contributed by atoms with Gasteiger partial charge in [-0.25, -0.2) is 0 Å². The van der Waals surface area contributed by atoms with E-state index in [1.165, 1.54) is 0 Å². The summed E-state index contributed by atoms with van der Waals surface area (Å²) >= 11 is 0. The van der Waals surface area contributed by atoms with Crippen molar-refractivity contribution < 1.29 is 14.3 Å². The van der Waals surface area contributed by atoms with Gasteiger partial charge in [0, 0.05) is 12.2 Å². The molecule has 1 aromatic rings. The van der Waals surface area contributed by atoms with Crippen LogP contribution in [0.5, 0.6) is 0 Å². The molecule has 2 N–H and O–H groups in total. The van der Waals surface area contributed by atoms with Crippen LogP contribution in [0.1, 0.15) is 0 Å². The number of amides is 2. The van der Waals surface area contributed by atoms with Crippen LogP contribution in [0.4, 0.5) is 5.69 Å². The predicted molar refractivity (Wildman–Crippen MR) is 69.1 cm³/mol. The number of anilines is 1. The quantitative estimate of drug-likeness (QED) is 0.706. The first kappa shape index (κ1) is 13.9. The smallest absolute Gasteiger partial charge is 0.250 e. The molecule has 2 amide bonds. The van der Waals surface area contributed by atoms with Gasteiger partial charge in [0.2, 0.25) is 11.8 Å². The highest BCUT2D eigenvalue weighted by Gasteiger charge is 2.04. The van der Waals surface area contributed by atoms with Crippen LogP contribution in [0.25, 0.3) is 0 Å². The van der Waals surface area contributed by atoms with Gasteiger partial charge < -0.3 is 15.4 Å². The fourth-order valence-corrected chi connectivity index (χ4v) is 1.19. The average molecular weight is 248 g/mol. The first-order valence-electron chi connectivity index (χ1n) is 5.52. The van der Waals surface area contributed by atoms with Crippen LogP contribution in [0.15, 0.2) is 43.0 Å². The number of carbonyl (C=O) groups is 2. The maximum Gasteiger partial charge on any atom is 0.250 e. The number of benzene rings is 1. The average Bonchev–Trinajstić information content (AvgIpc) is 2.37. The van der Waals surface area contributed by atoms with Crippen molar-refractivity contribution in [1.82, 2.24) is 5.32 Å². The maximum absolute atomic E-state index is 11.4.